The molecule has 1 aliphatic heterocycles. The van der Waals surface area contributed by atoms with Gasteiger partial charge in [-0.15, -0.1) is 0 Å². The highest BCUT2D eigenvalue weighted by atomic mass is 79.9. The number of carbonyl (C=O) groups is 3. The molecule has 2 aromatic carbocycles. The van der Waals surface area contributed by atoms with Crippen LogP contribution in [0.5, 0.6) is 5.75 Å². The van der Waals surface area contributed by atoms with E-state index in [1.807, 2.05) is 24.3 Å². The molecule has 0 spiro atoms. The minimum absolute atomic E-state index is 0.177. The average molecular weight is 431 g/mol. The number of aliphatic carboxylic acids is 1. The van der Waals surface area contributed by atoms with Gasteiger partial charge in [-0.25, -0.2) is 9.59 Å². The Morgan fingerprint density at radius 2 is 1.78 bits per heavy atom. The molecule has 2 N–H and O–H groups in total. The highest BCUT2D eigenvalue weighted by Crippen LogP contribution is 2.19. The summed E-state index contributed by atoms with van der Waals surface area (Å²) in [6.07, 6.45) is 1.56. The summed E-state index contributed by atoms with van der Waals surface area (Å²) in [6, 6.07) is 13.4. The van der Waals surface area contributed by atoms with Crippen LogP contribution in [0.4, 0.5) is 4.79 Å². The number of ether oxygens (including phenoxy) is 1. The number of carbonyl (C=O) groups excluding carboxylic acids is 2. The van der Waals surface area contributed by atoms with Crippen LogP contribution in [0.1, 0.15) is 11.1 Å². The Morgan fingerprint density at radius 1 is 1.11 bits per heavy atom. The van der Waals surface area contributed by atoms with Crippen LogP contribution in [-0.4, -0.2) is 34.5 Å². The Hall–Kier alpha value is -3.13. The van der Waals surface area contributed by atoms with E-state index < -0.39 is 24.5 Å². The monoisotopic (exact) mass is 430 g/mol. The van der Waals surface area contributed by atoms with E-state index in [2.05, 4.69) is 21.2 Å². The van der Waals surface area contributed by atoms with Crippen LogP contribution in [0, 0.1) is 0 Å². The number of rotatable bonds is 6. The molecule has 3 rings (SSSR count). The van der Waals surface area contributed by atoms with Gasteiger partial charge in [0, 0.05) is 4.47 Å². The summed E-state index contributed by atoms with van der Waals surface area (Å²) in [5.41, 5.74) is 1.69. The lowest BCUT2D eigenvalue weighted by molar-refractivity contribution is -0.139. The first kappa shape index (κ1) is 18.7. The van der Waals surface area contributed by atoms with E-state index in [0.717, 1.165) is 14.9 Å². The van der Waals surface area contributed by atoms with Gasteiger partial charge in [0.1, 0.15) is 11.4 Å². The number of benzene rings is 2. The first-order chi connectivity index (χ1) is 12.9. The Balaban J connectivity index is 1.70. The number of nitrogens with zero attached hydrogens (tertiary/aromatic N) is 1. The zero-order chi connectivity index (χ0) is 19.4. The Kier molecular flexibility index (Phi) is 5.56. The molecule has 0 bridgehead atoms. The first-order valence-electron chi connectivity index (χ1n) is 7.96. The predicted molar refractivity (Wildman–Crippen MR) is 101 cm³/mol. The van der Waals surface area contributed by atoms with E-state index >= 15 is 0 Å². The second-order valence-corrected chi connectivity index (χ2v) is 6.67. The van der Waals surface area contributed by atoms with E-state index in [9.17, 15) is 14.4 Å². The van der Waals surface area contributed by atoms with E-state index in [0.29, 0.717) is 11.3 Å². The molecule has 2 aromatic rings. The number of amides is 3. The standard InChI is InChI=1S/C19H15BrN2O5/c20-14-5-1-13(2-6-14)10-22-18(25)16(21-19(22)26)9-12-3-7-15(8-4-12)27-11-17(23)24/h1-9H,10-11H2,(H,21,26)(H,23,24)/b16-9+. The highest BCUT2D eigenvalue weighted by molar-refractivity contribution is 9.10. The van der Waals surface area contributed by atoms with Crippen LogP contribution in [0.15, 0.2) is 58.7 Å². The van der Waals surface area contributed by atoms with Crippen LogP contribution < -0.4 is 10.1 Å². The molecule has 1 fully saturated rings. The first-order valence-corrected chi connectivity index (χ1v) is 8.75. The quantitative estimate of drug-likeness (QED) is 0.542. The van der Waals surface area contributed by atoms with Gasteiger partial charge in [0.05, 0.1) is 6.54 Å². The Labute approximate surface area is 163 Å². The molecule has 3 amide bonds. The second-order valence-electron chi connectivity index (χ2n) is 5.76. The van der Waals surface area contributed by atoms with Crippen molar-refractivity contribution in [3.8, 4) is 5.75 Å². The maximum Gasteiger partial charge on any atom is 0.341 e. The largest absolute Gasteiger partial charge is 0.482 e. The number of hydrogen-bond donors (Lipinski definition) is 2. The topological polar surface area (TPSA) is 95.9 Å². The third-order valence-corrected chi connectivity index (χ3v) is 4.30. The summed E-state index contributed by atoms with van der Waals surface area (Å²) >= 11 is 3.34. The molecule has 0 saturated carbocycles. The van der Waals surface area contributed by atoms with Crippen LogP contribution in [-0.2, 0) is 16.1 Å². The summed E-state index contributed by atoms with van der Waals surface area (Å²) in [4.78, 5) is 36.3. The van der Waals surface area contributed by atoms with Crippen molar-refractivity contribution in [2.75, 3.05) is 6.61 Å². The molecule has 27 heavy (non-hydrogen) atoms. The SMILES string of the molecule is O=C(O)COc1ccc(/C=C2/NC(=O)N(Cc3ccc(Br)cc3)C2=O)cc1. The number of nitrogens with one attached hydrogen (secondary N) is 1. The number of urea groups is 1. The molecule has 1 aliphatic rings. The van der Waals surface area contributed by atoms with Crippen molar-refractivity contribution in [3.05, 3.63) is 69.8 Å². The molecule has 0 atom stereocenters. The maximum absolute atomic E-state index is 12.5. The summed E-state index contributed by atoms with van der Waals surface area (Å²) in [7, 11) is 0. The van der Waals surface area contributed by atoms with E-state index in [4.69, 9.17) is 9.84 Å². The van der Waals surface area contributed by atoms with Crippen molar-refractivity contribution < 1.29 is 24.2 Å². The van der Waals surface area contributed by atoms with Crippen LogP contribution >= 0.6 is 15.9 Å². The number of halogens is 1. The fourth-order valence-corrected chi connectivity index (χ4v) is 2.72. The molecule has 0 unspecified atom stereocenters. The van der Waals surface area contributed by atoms with Crippen LogP contribution in [0.2, 0.25) is 0 Å². The fourth-order valence-electron chi connectivity index (χ4n) is 2.46. The van der Waals surface area contributed by atoms with Crippen molar-refractivity contribution >= 4 is 39.9 Å². The molecule has 0 radical (unpaired) electrons. The lowest BCUT2D eigenvalue weighted by Gasteiger charge is -2.11. The van der Waals surface area contributed by atoms with Crippen molar-refractivity contribution in [2.45, 2.75) is 6.54 Å². The van der Waals surface area contributed by atoms with Gasteiger partial charge in [-0.2, -0.15) is 0 Å². The van der Waals surface area contributed by atoms with Gasteiger partial charge in [0.25, 0.3) is 5.91 Å². The van der Waals surface area contributed by atoms with E-state index in [1.165, 1.54) is 0 Å². The van der Waals surface area contributed by atoms with Crippen molar-refractivity contribution in [2.24, 2.45) is 0 Å². The van der Waals surface area contributed by atoms with Crippen LogP contribution in [0.25, 0.3) is 6.08 Å². The summed E-state index contributed by atoms with van der Waals surface area (Å²) < 4.78 is 5.97. The molecule has 8 heteroatoms. The van der Waals surface area contributed by atoms with Gasteiger partial charge in [0.15, 0.2) is 6.61 Å². The average Bonchev–Trinajstić information content (AvgIpc) is 2.90. The Morgan fingerprint density at radius 3 is 2.41 bits per heavy atom. The van der Waals surface area contributed by atoms with E-state index in [-0.39, 0.29) is 12.2 Å². The van der Waals surface area contributed by atoms with Gasteiger partial charge < -0.3 is 15.2 Å². The number of hydrogen-bond acceptors (Lipinski definition) is 4. The Bertz CT molecular complexity index is 907. The molecular formula is C19H15BrN2O5. The second kappa shape index (κ2) is 8.05. The molecule has 7 nitrogen and oxygen atoms in total. The maximum atomic E-state index is 12.5. The third-order valence-electron chi connectivity index (χ3n) is 3.77. The van der Waals surface area contributed by atoms with E-state index in [1.54, 1.807) is 30.3 Å². The molecule has 138 valence electrons. The zero-order valence-electron chi connectivity index (χ0n) is 14.0. The third kappa shape index (κ3) is 4.73. The summed E-state index contributed by atoms with van der Waals surface area (Å²) in [6.45, 7) is -0.253. The molecule has 1 heterocycles. The number of carboxylic acids is 1. The van der Waals surface area contributed by atoms with Crippen molar-refractivity contribution in [1.82, 2.24) is 10.2 Å². The van der Waals surface area contributed by atoms with Crippen LogP contribution in [0.3, 0.4) is 0 Å². The number of imide groups is 1. The minimum atomic E-state index is -1.06. The zero-order valence-corrected chi connectivity index (χ0v) is 15.6. The van der Waals surface area contributed by atoms with Gasteiger partial charge in [-0.3, -0.25) is 9.69 Å². The van der Waals surface area contributed by atoms with Gasteiger partial charge in [0.2, 0.25) is 0 Å². The smallest absolute Gasteiger partial charge is 0.341 e. The fraction of sp³-hybridized carbons (Fsp3) is 0.105. The predicted octanol–water partition coefficient (Wildman–Crippen LogP) is 3.01. The molecule has 0 aromatic heterocycles. The molecular weight excluding hydrogens is 416 g/mol. The van der Waals surface area contributed by atoms with Gasteiger partial charge in [-0.1, -0.05) is 40.2 Å². The van der Waals surface area contributed by atoms with Gasteiger partial charge in [-0.05, 0) is 41.5 Å². The lowest BCUT2D eigenvalue weighted by Crippen LogP contribution is -2.30. The summed E-state index contributed by atoms with van der Waals surface area (Å²) in [5.74, 6) is -1.07. The number of carboxylic acid groups (broad SMARTS) is 1. The lowest BCUT2D eigenvalue weighted by atomic mass is 10.1. The minimum Gasteiger partial charge on any atom is -0.482 e. The highest BCUT2D eigenvalue weighted by Gasteiger charge is 2.33. The van der Waals surface area contributed by atoms with Crippen molar-refractivity contribution in [1.29, 1.82) is 0 Å². The normalized spacial score (nSPS) is 15.1. The van der Waals surface area contributed by atoms with Gasteiger partial charge >= 0.3 is 12.0 Å². The van der Waals surface area contributed by atoms with Crippen molar-refractivity contribution in [3.63, 3.8) is 0 Å². The summed E-state index contributed by atoms with van der Waals surface area (Å²) in [5, 5.41) is 11.2. The molecule has 1 saturated heterocycles. The molecule has 0 aliphatic carbocycles.